The molecule has 0 fully saturated rings. The van der Waals surface area contributed by atoms with Crippen molar-refractivity contribution in [3.05, 3.63) is 163 Å². The summed E-state index contributed by atoms with van der Waals surface area (Å²) in [7, 11) is 1.72. The van der Waals surface area contributed by atoms with Crippen LogP contribution in [0, 0.1) is 11.3 Å². The summed E-state index contributed by atoms with van der Waals surface area (Å²) >= 11 is 0. The van der Waals surface area contributed by atoms with Gasteiger partial charge in [-0.2, -0.15) is 5.26 Å². The van der Waals surface area contributed by atoms with Crippen LogP contribution >= 0.6 is 0 Å². The van der Waals surface area contributed by atoms with Gasteiger partial charge in [-0.05, 0) is 102 Å². The SMILES string of the molecule is COc1ccc(-c2ccc(Nc3cccc(-c4ccc(C#N)cc4)c3-c3ccc4ccc5cccc6ccc3c4c56)cc2)c2ccccc12. The summed E-state index contributed by atoms with van der Waals surface area (Å²) in [6.07, 6.45) is 0. The van der Waals surface area contributed by atoms with E-state index in [0.717, 1.165) is 55.7 Å². The lowest BCUT2D eigenvalue weighted by Crippen LogP contribution is -1.97. The third kappa shape index (κ3) is 4.74. The lowest BCUT2D eigenvalue weighted by Gasteiger charge is -2.20. The Morgan fingerprint density at radius 1 is 0.490 bits per heavy atom. The van der Waals surface area contributed by atoms with Gasteiger partial charge in [-0.15, -0.1) is 0 Å². The van der Waals surface area contributed by atoms with Crippen molar-refractivity contribution in [3.8, 4) is 45.2 Å². The van der Waals surface area contributed by atoms with Crippen LogP contribution in [0.15, 0.2) is 158 Å². The van der Waals surface area contributed by atoms with Gasteiger partial charge in [0.15, 0.2) is 0 Å². The molecule has 0 amide bonds. The van der Waals surface area contributed by atoms with Gasteiger partial charge in [-0.1, -0.05) is 121 Å². The first kappa shape index (κ1) is 28.6. The van der Waals surface area contributed by atoms with Crippen molar-refractivity contribution in [2.24, 2.45) is 0 Å². The summed E-state index contributed by atoms with van der Waals surface area (Å²) in [5.74, 6) is 0.874. The highest BCUT2D eigenvalue weighted by atomic mass is 16.5. The molecule has 0 spiro atoms. The van der Waals surface area contributed by atoms with Crippen LogP contribution in [0.5, 0.6) is 5.75 Å². The number of hydrogen-bond acceptors (Lipinski definition) is 3. The van der Waals surface area contributed by atoms with E-state index in [2.05, 4.69) is 133 Å². The maximum atomic E-state index is 9.50. The quantitative estimate of drug-likeness (QED) is 0.187. The van der Waals surface area contributed by atoms with Gasteiger partial charge in [-0.3, -0.25) is 0 Å². The van der Waals surface area contributed by atoms with Crippen LogP contribution in [-0.2, 0) is 0 Å². The number of nitriles is 1. The molecule has 0 heterocycles. The number of rotatable bonds is 6. The van der Waals surface area contributed by atoms with Crippen LogP contribution < -0.4 is 10.1 Å². The Morgan fingerprint density at radius 2 is 1.12 bits per heavy atom. The second kappa shape index (κ2) is 11.6. The van der Waals surface area contributed by atoms with Gasteiger partial charge in [0.25, 0.3) is 0 Å². The minimum Gasteiger partial charge on any atom is -0.496 e. The van der Waals surface area contributed by atoms with Gasteiger partial charge in [0.05, 0.1) is 18.7 Å². The van der Waals surface area contributed by atoms with Crippen LogP contribution in [0.2, 0.25) is 0 Å². The highest BCUT2D eigenvalue weighted by Gasteiger charge is 2.18. The van der Waals surface area contributed by atoms with E-state index in [1.165, 1.54) is 37.9 Å². The number of nitrogens with one attached hydrogen (secondary N) is 1. The molecule has 3 heteroatoms. The van der Waals surface area contributed by atoms with Crippen molar-refractivity contribution >= 4 is 54.5 Å². The fraction of sp³-hybridized carbons (Fsp3) is 0.0217. The first-order chi connectivity index (χ1) is 24.2. The van der Waals surface area contributed by atoms with E-state index in [4.69, 9.17) is 4.74 Å². The van der Waals surface area contributed by atoms with Crippen molar-refractivity contribution < 1.29 is 4.74 Å². The van der Waals surface area contributed by atoms with Crippen molar-refractivity contribution in [2.75, 3.05) is 12.4 Å². The fourth-order valence-electron chi connectivity index (χ4n) is 7.45. The molecule has 9 rings (SSSR count). The topological polar surface area (TPSA) is 45.0 Å². The second-order valence-corrected chi connectivity index (χ2v) is 12.4. The van der Waals surface area contributed by atoms with E-state index < -0.39 is 0 Å². The lowest BCUT2D eigenvalue weighted by atomic mass is 9.86. The van der Waals surface area contributed by atoms with Crippen molar-refractivity contribution in [1.29, 1.82) is 5.26 Å². The third-order valence-corrected chi connectivity index (χ3v) is 9.77. The van der Waals surface area contributed by atoms with Crippen LogP contribution in [0.25, 0.3) is 76.5 Å². The normalized spacial score (nSPS) is 11.3. The molecule has 49 heavy (non-hydrogen) atoms. The zero-order chi connectivity index (χ0) is 32.9. The number of methoxy groups -OCH3 is 1. The molecule has 0 aliphatic carbocycles. The summed E-state index contributed by atoms with van der Waals surface area (Å²) < 4.78 is 5.64. The number of hydrogen-bond donors (Lipinski definition) is 1. The Kier molecular flexibility index (Phi) is 6.74. The Labute approximate surface area is 284 Å². The predicted octanol–water partition coefficient (Wildman–Crippen LogP) is 12.4. The minimum absolute atomic E-state index is 0.645. The molecular weight excluding hydrogens is 597 g/mol. The van der Waals surface area contributed by atoms with Gasteiger partial charge >= 0.3 is 0 Å². The largest absolute Gasteiger partial charge is 0.496 e. The molecule has 0 saturated carbocycles. The molecule has 0 atom stereocenters. The molecule has 230 valence electrons. The molecular formula is C46H30N2O. The number of nitrogens with zero attached hydrogens (tertiary/aromatic N) is 1. The van der Waals surface area contributed by atoms with E-state index in [0.29, 0.717) is 5.56 Å². The molecule has 3 nitrogen and oxygen atoms in total. The predicted molar refractivity (Wildman–Crippen MR) is 205 cm³/mol. The number of benzene rings is 9. The molecule has 0 unspecified atom stereocenters. The molecule has 0 aliphatic rings. The second-order valence-electron chi connectivity index (χ2n) is 12.4. The molecule has 9 aromatic carbocycles. The highest BCUT2D eigenvalue weighted by Crippen LogP contribution is 2.45. The Bertz CT molecular complexity index is 2700. The summed E-state index contributed by atoms with van der Waals surface area (Å²) in [4.78, 5) is 0. The first-order valence-corrected chi connectivity index (χ1v) is 16.4. The Morgan fingerprint density at radius 3 is 1.88 bits per heavy atom. The van der Waals surface area contributed by atoms with Crippen molar-refractivity contribution in [3.63, 3.8) is 0 Å². The zero-order valence-corrected chi connectivity index (χ0v) is 26.9. The molecule has 0 saturated heterocycles. The van der Waals surface area contributed by atoms with Crippen LogP contribution in [0.1, 0.15) is 5.56 Å². The maximum Gasteiger partial charge on any atom is 0.126 e. The van der Waals surface area contributed by atoms with E-state index in [1.54, 1.807) is 7.11 Å². The van der Waals surface area contributed by atoms with Gasteiger partial charge < -0.3 is 10.1 Å². The monoisotopic (exact) mass is 626 g/mol. The first-order valence-electron chi connectivity index (χ1n) is 16.4. The minimum atomic E-state index is 0.645. The summed E-state index contributed by atoms with van der Waals surface area (Å²) in [6.45, 7) is 0. The smallest absolute Gasteiger partial charge is 0.126 e. The number of fused-ring (bicyclic) bond motifs is 1. The summed E-state index contributed by atoms with van der Waals surface area (Å²) in [5.41, 5.74) is 9.41. The van der Waals surface area contributed by atoms with Gasteiger partial charge in [0.1, 0.15) is 5.75 Å². The van der Waals surface area contributed by atoms with Gasteiger partial charge in [0, 0.05) is 22.3 Å². The van der Waals surface area contributed by atoms with Crippen molar-refractivity contribution in [1.82, 2.24) is 0 Å². The molecule has 0 aliphatic heterocycles. The molecule has 0 radical (unpaired) electrons. The van der Waals surface area contributed by atoms with E-state index >= 15 is 0 Å². The van der Waals surface area contributed by atoms with Crippen LogP contribution in [-0.4, -0.2) is 7.11 Å². The van der Waals surface area contributed by atoms with E-state index in [1.807, 2.05) is 36.4 Å². The Hall–Kier alpha value is -6.63. The van der Waals surface area contributed by atoms with Crippen LogP contribution in [0.4, 0.5) is 11.4 Å². The molecule has 0 aromatic heterocycles. The number of anilines is 2. The summed E-state index contributed by atoms with van der Waals surface area (Å²) in [6, 6.07) is 57.8. The van der Waals surface area contributed by atoms with E-state index in [9.17, 15) is 5.26 Å². The standard InChI is InChI=1S/C46H30N2O/c1-49-43-27-26-36(38-8-2-3-9-39(38)43)30-18-22-35(23-19-30)48-42-11-5-10-37(31-14-12-29(28-47)13-15-31)46(42)41-25-21-34-17-16-32-6-4-7-33-20-24-40(41)45(34)44(32)33/h2-27,48H,1H3. The maximum absolute atomic E-state index is 9.50. The lowest BCUT2D eigenvalue weighted by molar-refractivity contribution is 0.420. The van der Waals surface area contributed by atoms with Crippen molar-refractivity contribution in [2.45, 2.75) is 0 Å². The average Bonchev–Trinajstić information content (AvgIpc) is 3.17. The average molecular weight is 627 g/mol. The zero-order valence-electron chi connectivity index (χ0n) is 26.9. The van der Waals surface area contributed by atoms with E-state index in [-0.39, 0.29) is 0 Å². The summed E-state index contributed by atoms with van der Waals surface area (Å²) in [5, 5.41) is 23.1. The molecule has 1 N–H and O–H groups in total. The fourth-order valence-corrected chi connectivity index (χ4v) is 7.45. The highest BCUT2D eigenvalue weighted by molar-refractivity contribution is 6.26. The third-order valence-electron chi connectivity index (χ3n) is 9.77. The van der Waals surface area contributed by atoms with Gasteiger partial charge in [0.2, 0.25) is 0 Å². The Balaban J connectivity index is 1.20. The van der Waals surface area contributed by atoms with Crippen LogP contribution in [0.3, 0.4) is 0 Å². The number of ether oxygens (including phenoxy) is 1. The molecule has 9 aromatic rings. The molecule has 0 bridgehead atoms. The van der Waals surface area contributed by atoms with Gasteiger partial charge in [-0.25, -0.2) is 0 Å².